The van der Waals surface area contributed by atoms with Gasteiger partial charge in [0.1, 0.15) is 5.75 Å². The lowest BCUT2D eigenvalue weighted by Crippen LogP contribution is -2.12. The van der Waals surface area contributed by atoms with Gasteiger partial charge >= 0.3 is 5.97 Å². The number of aromatic nitrogens is 2. The highest BCUT2D eigenvalue weighted by Gasteiger charge is 2.30. The van der Waals surface area contributed by atoms with Gasteiger partial charge in [0.25, 0.3) is 0 Å². The van der Waals surface area contributed by atoms with Gasteiger partial charge in [-0.25, -0.2) is 4.79 Å². The van der Waals surface area contributed by atoms with Crippen molar-refractivity contribution in [3.05, 3.63) is 65.4 Å². The topological polar surface area (TPSA) is 56.2 Å². The average molecular weight is 429 g/mol. The standard InChI is InChI=1S/C27H28N2O3/c1-27(2,3)17-8-6-16(7-9-17)21-15-29-13-12-19-20-14-18(31-4)10-11-22(20)28-24(19)25(29)23(21)26(30)32-5/h6-11,14-15,28H,12-13H2,1-5H3. The maximum Gasteiger partial charge on any atom is 0.340 e. The molecule has 3 heterocycles. The van der Waals surface area contributed by atoms with E-state index in [9.17, 15) is 4.79 Å². The van der Waals surface area contributed by atoms with Crippen molar-refractivity contribution >= 4 is 16.9 Å². The van der Waals surface area contributed by atoms with Crippen LogP contribution in [0.15, 0.2) is 48.7 Å². The number of ether oxygens (including phenoxy) is 2. The van der Waals surface area contributed by atoms with Gasteiger partial charge in [0.15, 0.2) is 0 Å². The zero-order valence-corrected chi connectivity index (χ0v) is 19.2. The van der Waals surface area contributed by atoms with Gasteiger partial charge in [0, 0.05) is 29.2 Å². The summed E-state index contributed by atoms with van der Waals surface area (Å²) in [6.07, 6.45) is 2.97. The number of esters is 1. The van der Waals surface area contributed by atoms with Gasteiger partial charge in [-0.05, 0) is 46.7 Å². The first kappa shape index (κ1) is 20.4. The molecule has 5 heteroatoms. The summed E-state index contributed by atoms with van der Waals surface area (Å²) in [4.78, 5) is 16.6. The van der Waals surface area contributed by atoms with E-state index in [-0.39, 0.29) is 11.4 Å². The van der Waals surface area contributed by atoms with E-state index in [1.165, 1.54) is 18.2 Å². The van der Waals surface area contributed by atoms with Gasteiger partial charge in [-0.3, -0.25) is 0 Å². The SMILES string of the molecule is COC(=O)c1c(-c2ccc(C(C)(C)C)cc2)cn2c1-c1[nH]c3ccc(OC)cc3c1CC2. The lowest BCUT2D eigenvalue weighted by molar-refractivity contribution is 0.0602. The Kier molecular flexibility index (Phi) is 4.66. The highest BCUT2D eigenvalue weighted by Crippen LogP contribution is 2.42. The van der Waals surface area contributed by atoms with E-state index in [0.717, 1.165) is 52.1 Å². The molecule has 0 unspecified atom stereocenters. The number of fused-ring (bicyclic) bond motifs is 5. The first-order valence-electron chi connectivity index (χ1n) is 10.9. The Morgan fingerprint density at radius 1 is 1.06 bits per heavy atom. The molecule has 2 aromatic carbocycles. The van der Waals surface area contributed by atoms with E-state index in [4.69, 9.17) is 9.47 Å². The summed E-state index contributed by atoms with van der Waals surface area (Å²) in [5, 5.41) is 1.14. The quantitative estimate of drug-likeness (QED) is 0.410. The molecule has 0 fully saturated rings. The van der Waals surface area contributed by atoms with E-state index in [1.807, 2.05) is 12.1 Å². The summed E-state index contributed by atoms with van der Waals surface area (Å²) >= 11 is 0. The molecule has 0 aliphatic carbocycles. The molecule has 0 spiro atoms. The predicted molar refractivity (Wildman–Crippen MR) is 127 cm³/mol. The molecule has 0 saturated heterocycles. The van der Waals surface area contributed by atoms with Crippen molar-refractivity contribution in [1.29, 1.82) is 0 Å². The van der Waals surface area contributed by atoms with Crippen molar-refractivity contribution in [3.63, 3.8) is 0 Å². The van der Waals surface area contributed by atoms with Crippen LogP contribution in [0.3, 0.4) is 0 Å². The second kappa shape index (κ2) is 7.30. The Balaban J connectivity index is 1.72. The molecule has 1 N–H and O–H groups in total. The highest BCUT2D eigenvalue weighted by atomic mass is 16.5. The lowest BCUT2D eigenvalue weighted by Gasteiger charge is -2.19. The zero-order chi connectivity index (χ0) is 22.6. The number of carbonyl (C=O) groups is 1. The lowest BCUT2D eigenvalue weighted by atomic mass is 9.86. The molecule has 0 saturated carbocycles. The number of benzene rings is 2. The van der Waals surface area contributed by atoms with Crippen molar-refractivity contribution in [3.8, 4) is 28.3 Å². The van der Waals surface area contributed by atoms with Crippen LogP contribution >= 0.6 is 0 Å². The molecule has 164 valence electrons. The second-order valence-corrected chi connectivity index (χ2v) is 9.42. The molecule has 32 heavy (non-hydrogen) atoms. The van der Waals surface area contributed by atoms with Crippen LogP contribution in [0.4, 0.5) is 0 Å². The van der Waals surface area contributed by atoms with Crippen LogP contribution in [-0.2, 0) is 23.1 Å². The fourth-order valence-electron chi connectivity index (χ4n) is 4.73. The number of nitrogens with zero attached hydrogens (tertiary/aromatic N) is 1. The van der Waals surface area contributed by atoms with Crippen LogP contribution in [0.2, 0.25) is 0 Å². The third kappa shape index (κ3) is 3.11. The summed E-state index contributed by atoms with van der Waals surface area (Å²) in [5.41, 5.74) is 7.98. The zero-order valence-electron chi connectivity index (χ0n) is 19.2. The summed E-state index contributed by atoms with van der Waals surface area (Å²) in [5.74, 6) is 0.505. The van der Waals surface area contributed by atoms with Crippen molar-refractivity contribution in [1.82, 2.24) is 9.55 Å². The smallest absolute Gasteiger partial charge is 0.340 e. The van der Waals surface area contributed by atoms with Crippen molar-refractivity contribution in [2.24, 2.45) is 0 Å². The number of aromatic amines is 1. The maximum absolute atomic E-state index is 13.0. The monoisotopic (exact) mass is 428 g/mol. The number of H-pyrrole nitrogens is 1. The van der Waals surface area contributed by atoms with E-state index < -0.39 is 0 Å². The Bertz CT molecular complexity index is 1330. The van der Waals surface area contributed by atoms with Crippen LogP contribution in [0, 0.1) is 0 Å². The summed E-state index contributed by atoms with van der Waals surface area (Å²) in [7, 11) is 3.12. The molecule has 0 bridgehead atoms. The van der Waals surface area contributed by atoms with Gasteiger partial charge < -0.3 is 19.0 Å². The molecular formula is C27H28N2O3. The molecule has 1 aliphatic heterocycles. The summed E-state index contributed by atoms with van der Waals surface area (Å²) in [6.45, 7) is 7.40. The van der Waals surface area contributed by atoms with E-state index in [0.29, 0.717) is 5.56 Å². The minimum absolute atomic E-state index is 0.0734. The fourth-order valence-corrected chi connectivity index (χ4v) is 4.73. The maximum atomic E-state index is 13.0. The van der Waals surface area contributed by atoms with Crippen LogP contribution in [0.5, 0.6) is 5.75 Å². The number of aryl methyl sites for hydroxylation is 2. The fraction of sp³-hybridized carbons (Fsp3) is 0.296. The summed E-state index contributed by atoms with van der Waals surface area (Å²) in [6, 6.07) is 14.5. The minimum atomic E-state index is -0.322. The number of nitrogens with one attached hydrogen (secondary N) is 1. The van der Waals surface area contributed by atoms with Gasteiger partial charge in [-0.15, -0.1) is 0 Å². The van der Waals surface area contributed by atoms with E-state index in [2.05, 4.69) is 66.9 Å². The molecule has 5 nitrogen and oxygen atoms in total. The van der Waals surface area contributed by atoms with Crippen LogP contribution in [0.1, 0.15) is 42.3 Å². The Labute approximate surface area is 188 Å². The van der Waals surface area contributed by atoms with Crippen LogP contribution in [-0.4, -0.2) is 29.7 Å². The van der Waals surface area contributed by atoms with Gasteiger partial charge in [0.2, 0.25) is 0 Å². The van der Waals surface area contributed by atoms with Gasteiger partial charge in [0.05, 0.1) is 31.2 Å². The molecule has 0 atom stereocenters. The summed E-state index contributed by atoms with van der Waals surface area (Å²) < 4.78 is 12.8. The van der Waals surface area contributed by atoms with Gasteiger partial charge in [-0.1, -0.05) is 45.0 Å². The minimum Gasteiger partial charge on any atom is -0.497 e. The third-order valence-electron chi connectivity index (χ3n) is 6.48. The van der Waals surface area contributed by atoms with Crippen LogP contribution in [0.25, 0.3) is 33.4 Å². The molecule has 5 rings (SSSR count). The molecular weight excluding hydrogens is 400 g/mol. The third-order valence-corrected chi connectivity index (χ3v) is 6.48. The van der Waals surface area contributed by atoms with Crippen molar-refractivity contribution in [2.75, 3.05) is 14.2 Å². The first-order chi connectivity index (χ1) is 15.3. The normalized spacial score (nSPS) is 13.0. The van der Waals surface area contributed by atoms with Gasteiger partial charge in [-0.2, -0.15) is 0 Å². The van der Waals surface area contributed by atoms with Crippen molar-refractivity contribution < 1.29 is 14.3 Å². The number of methoxy groups -OCH3 is 2. The number of hydrogen-bond donors (Lipinski definition) is 1. The molecule has 1 aliphatic rings. The van der Waals surface area contributed by atoms with Crippen LogP contribution < -0.4 is 4.74 Å². The average Bonchev–Trinajstić information content (AvgIpc) is 3.36. The Morgan fingerprint density at radius 3 is 2.47 bits per heavy atom. The molecule has 2 aromatic heterocycles. The second-order valence-electron chi connectivity index (χ2n) is 9.42. The predicted octanol–water partition coefficient (Wildman–Crippen LogP) is 5.95. The van der Waals surface area contributed by atoms with E-state index >= 15 is 0 Å². The molecule has 0 amide bonds. The first-order valence-corrected chi connectivity index (χ1v) is 10.9. The number of hydrogen-bond acceptors (Lipinski definition) is 3. The molecule has 0 radical (unpaired) electrons. The molecule has 4 aromatic rings. The van der Waals surface area contributed by atoms with E-state index in [1.54, 1.807) is 7.11 Å². The largest absolute Gasteiger partial charge is 0.497 e. The highest BCUT2D eigenvalue weighted by molar-refractivity contribution is 6.05. The number of rotatable bonds is 3. The Morgan fingerprint density at radius 2 is 1.81 bits per heavy atom. The number of carbonyl (C=O) groups excluding carboxylic acids is 1. The van der Waals surface area contributed by atoms with Crippen molar-refractivity contribution in [2.45, 2.75) is 39.2 Å². The Hall–Kier alpha value is -3.47.